The van der Waals surface area contributed by atoms with Crippen LogP contribution >= 0.6 is 0 Å². The Morgan fingerprint density at radius 3 is 2.43 bits per heavy atom. The van der Waals surface area contributed by atoms with Crippen molar-refractivity contribution in [2.24, 2.45) is 5.92 Å². The van der Waals surface area contributed by atoms with Crippen LogP contribution in [-0.4, -0.2) is 48.8 Å². The standard InChI is InChI=1S/C10H21NO3/c1-8(9(12)14-5)6-11(4)7-10(2,3)13/h8,13H,6-7H2,1-5H3. The monoisotopic (exact) mass is 203 g/mol. The normalized spacial score (nSPS) is 14.2. The molecule has 0 fully saturated rings. The van der Waals surface area contributed by atoms with E-state index in [1.165, 1.54) is 7.11 Å². The molecule has 14 heavy (non-hydrogen) atoms. The Morgan fingerprint density at radius 1 is 1.57 bits per heavy atom. The van der Waals surface area contributed by atoms with Crippen molar-refractivity contribution in [2.45, 2.75) is 26.4 Å². The lowest BCUT2D eigenvalue weighted by atomic mass is 10.1. The molecule has 0 aliphatic carbocycles. The molecule has 0 heterocycles. The van der Waals surface area contributed by atoms with Gasteiger partial charge in [0, 0.05) is 13.1 Å². The van der Waals surface area contributed by atoms with Crippen LogP contribution in [0.2, 0.25) is 0 Å². The second-order valence-electron chi connectivity index (χ2n) is 4.43. The first-order valence-corrected chi connectivity index (χ1v) is 4.75. The largest absolute Gasteiger partial charge is 0.469 e. The number of rotatable bonds is 5. The highest BCUT2D eigenvalue weighted by molar-refractivity contribution is 5.72. The van der Waals surface area contributed by atoms with E-state index in [-0.39, 0.29) is 11.9 Å². The molecule has 0 radical (unpaired) electrons. The minimum Gasteiger partial charge on any atom is -0.469 e. The third kappa shape index (κ3) is 5.94. The van der Waals surface area contributed by atoms with Crippen LogP contribution in [0, 0.1) is 5.92 Å². The van der Waals surface area contributed by atoms with E-state index in [4.69, 9.17) is 0 Å². The van der Waals surface area contributed by atoms with Gasteiger partial charge in [0.15, 0.2) is 0 Å². The smallest absolute Gasteiger partial charge is 0.309 e. The molecule has 1 N–H and O–H groups in total. The van der Waals surface area contributed by atoms with Crippen LogP contribution in [0.15, 0.2) is 0 Å². The molecule has 4 nitrogen and oxygen atoms in total. The molecule has 0 rings (SSSR count). The number of hydrogen-bond donors (Lipinski definition) is 1. The Kier molecular flexibility index (Phi) is 5.08. The molecule has 0 saturated carbocycles. The molecule has 84 valence electrons. The van der Waals surface area contributed by atoms with Crippen molar-refractivity contribution < 1.29 is 14.6 Å². The lowest BCUT2D eigenvalue weighted by Gasteiger charge is -2.26. The van der Waals surface area contributed by atoms with Gasteiger partial charge in [-0.05, 0) is 20.9 Å². The summed E-state index contributed by atoms with van der Waals surface area (Å²) in [6.45, 7) is 6.43. The number of aliphatic hydroxyl groups is 1. The van der Waals surface area contributed by atoms with Crippen LogP contribution in [0.5, 0.6) is 0 Å². The fraction of sp³-hybridized carbons (Fsp3) is 0.900. The Hall–Kier alpha value is -0.610. The molecule has 0 aromatic heterocycles. The van der Waals surface area contributed by atoms with Gasteiger partial charge in [0.2, 0.25) is 0 Å². The van der Waals surface area contributed by atoms with Gasteiger partial charge in [0.1, 0.15) is 0 Å². The number of methoxy groups -OCH3 is 1. The number of nitrogens with zero attached hydrogens (tertiary/aromatic N) is 1. The molecule has 1 atom stereocenters. The van der Waals surface area contributed by atoms with Gasteiger partial charge in [-0.1, -0.05) is 6.92 Å². The summed E-state index contributed by atoms with van der Waals surface area (Å²) in [5.41, 5.74) is -0.732. The van der Waals surface area contributed by atoms with Gasteiger partial charge in [-0.2, -0.15) is 0 Å². The predicted molar refractivity (Wildman–Crippen MR) is 55.0 cm³/mol. The maximum atomic E-state index is 11.1. The van der Waals surface area contributed by atoms with Crippen molar-refractivity contribution in [3.63, 3.8) is 0 Å². The summed E-state index contributed by atoms with van der Waals surface area (Å²) >= 11 is 0. The minimum absolute atomic E-state index is 0.160. The average Bonchev–Trinajstić information content (AvgIpc) is 1.99. The first-order valence-electron chi connectivity index (χ1n) is 4.75. The van der Waals surface area contributed by atoms with Crippen LogP contribution in [-0.2, 0) is 9.53 Å². The SMILES string of the molecule is COC(=O)C(C)CN(C)CC(C)(C)O. The van der Waals surface area contributed by atoms with E-state index in [9.17, 15) is 9.90 Å². The van der Waals surface area contributed by atoms with E-state index in [0.29, 0.717) is 13.1 Å². The second kappa shape index (κ2) is 5.32. The third-order valence-corrected chi connectivity index (χ3v) is 1.85. The molecular formula is C10H21NO3. The fourth-order valence-electron chi connectivity index (χ4n) is 1.47. The van der Waals surface area contributed by atoms with Gasteiger partial charge in [-0.25, -0.2) is 0 Å². The zero-order valence-electron chi connectivity index (χ0n) is 9.70. The summed E-state index contributed by atoms with van der Waals surface area (Å²) in [6.07, 6.45) is 0. The molecule has 0 spiro atoms. The molecule has 0 saturated heterocycles. The van der Waals surface area contributed by atoms with Gasteiger partial charge in [-0.3, -0.25) is 4.79 Å². The fourth-order valence-corrected chi connectivity index (χ4v) is 1.47. The molecule has 1 unspecified atom stereocenters. The molecule has 0 aliphatic rings. The summed E-state index contributed by atoms with van der Waals surface area (Å²) in [5.74, 6) is -0.375. The van der Waals surface area contributed by atoms with Crippen LogP contribution < -0.4 is 0 Å². The molecule has 0 amide bonds. The van der Waals surface area contributed by atoms with Crippen molar-refractivity contribution in [1.29, 1.82) is 0 Å². The van der Waals surface area contributed by atoms with E-state index in [1.54, 1.807) is 13.8 Å². The molecule has 0 bridgehead atoms. The summed E-state index contributed by atoms with van der Waals surface area (Å²) in [7, 11) is 3.26. The van der Waals surface area contributed by atoms with Crippen LogP contribution in [0.3, 0.4) is 0 Å². The lowest BCUT2D eigenvalue weighted by Crippen LogP contribution is -2.39. The topological polar surface area (TPSA) is 49.8 Å². The lowest BCUT2D eigenvalue weighted by molar-refractivity contribution is -0.145. The minimum atomic E-state index is -0.732. The first-order chi connectivity index (χ1) is 6.26. The zero-order chi connectivity index (χ0) is 11.4. The van der Waals surface area contributed by atoms with Crippen molar-refractivity contribution in [1.82, 2.24) is 4.90 Å². The predicted octanol–water partition coefficient (Wildman–Crippen LogP) is 0.498. The summed E-state index contributed by atoms with van der Waals surface area (Å²) in [6, 6.07) is 0. The molecule has 4 heteroatoms. The van der Waals surface area contributed by atoms with E-state index in [1.807, 2.05) is 18.9 Å². The number of carbonyl (C=O) groups is 1. The van der Waals surface area contributed by atoms with E-state index in [0.717, 1.165) is 0 Å². The van der Waals surface area contributed by atoms with Gasteiger partial charge in [-0.15, -0.1) is 0 Å². The van der Waals surface area contributed by atoms with E-state index < -0.39 is 5.60 Å². The van der Waals surface area contributed by atoms with Crippen LogP contribution in [0.4, 0.5) is 0 Å². The number of likely N-dealkylation sites (N-methyl/N-ethyl adjacent to an activating group) is 1. The summed E-state index contributed by atoms with van der Waals surface area (Å²) < 4.78 is 4.61. The van der Waals surface area contributed by atoms with Crippen molar-refractivity contribution in [2.75, 3.05) is 27.2 Å². The summed E-state index contributed by atoms with van der Waals surface area (Å²) in [5, 5.41) is 9.54. The maximum Gasteiger partial charge on any atom is 0.309 e. The highest BCUT2D eigenvalue weighted by atomic mass is 16.5. The highest BCUT2D eigenvalue weighted by Gasteiger charge is 2.20. The molecule has 0 aliphatic heterocycles. The second-order valence-corrected chi connectivity index (χ2v) is 4.43. The third-order valence-electron chi connectivity index (χ3n) is 1.85. The highest BCUT2D eigenvalue weighted by Crippen LogP contribution is 2.06. The van der Waals surface area contributed by atoms with E-state index >= 15 is 0 Å². The Labute approximate surface area is 85.9 Å². The number of hydrogen-bond acceptors (Lipinski definition) is 4. The summed E-state index contributed by atoms with van der Waals surface area (Å²) in [4.78, 5) is 13.0. The van der Waals surface area contributed by atoms with Gasteiger partial charge in [0.05, 0.1) is 18.6 Å². The zero-order valence-corrected chi connectivity index (χ0v) is 9.70. The molecule has 0 aromatic rings. The number of carbonyl (C=O) groups excluding carboxylic acids is 1. The van der Waals surface area contributed by atoms with Gasteiger partial charge in [0.25, 0.3) is 0 Å². The van der Waals surface area contributed by atoms with Gasteiger partial charge >= 0.3 is 5.97 Å². The van der Waals surface area contributed by atoms with Crippen LogP contribution in [0.1, 0.15) is 20.8 Å². The van der Waals surface area contributed by atoms with Gasteiger partial charge < -0.3 is 14.7 Å². The molecular weight excluding hydrogens is 182 g/mol. The Balaban J connectivity index is 3.94. The Morgan fingerprint density at radius 2 is 2.07 bits per heavy atom. The van der Waals surface area contributed by atoms with Crippen LogP contribution in [0.25, 0.3) is 0 Å². The van der Waals surface area contributed by atoms with Crippen molar-refractivity contribution >= 4 is 5.97 Å². The van der Waals surface area contributed by atoms with E-state index in [2.05, 4.69) is 4.74 Å². The van der Waals surface area contributed by atoms with Crippen molar-refractivity contribution in [3.05, 3.63) is 0 Å². The average molecular weight is 203 g/mol. The number of esters is 1. The Bertz CT molecular complexity index is 186. The van der Waals surface area contributed by atoms with Crippen molar-refractivity contribution in [3.8, 4) is 0 Å². The number of ether oxygens (including phenoxy) is 1. The first kappa shape index (κ1) is 13.4. The quantitative estimate of drug-likeness (QED) is 0.661. The maximum absolute atomic E-state index is 11.1. The molecule has 0 aromatic carbocycles.